The minimum absolute atomic E-state index is 0. The Bertz CT molecular complexity index is 137. The van der Waals surface area contributed by atoms with Crippen LogP contribution in [-0.2, 0) is 9.53 Å². The zero-order valence-electron chi connectivity index (χ0n) is 9.14. The molecule has 1 atom stereocenters. The van der Waals surface area contributed by atoms with Gasteiger partial charge in [-0.2, -0.15) is 0 Å². The van der Waals surface area contributed by atoms with Gasteiger partial charge >= 0.3 is 57.4 Å². The molecule has 0 aromatic carbocycles. The first-order valence-corrected chi connectivity index (χ1v) is 5.40. The average Bonchev–Trinajstić information content (AvgIpc) is 2.05. The molecule has 0 saturated heterocycles. The SMILES string of the molecule is CCCCCC(=O)OC(C)CCC.[KH]. The van der Waals surface area contributed by atoms with Crippen LogP contribution >= 0.6 is 0 Å². The topological polar surface area (TPSA) is 26.3 Å². The van der Waals surface area contributed by atoms with E-state index in [1.807, 2.05) is 6.92 Å². The molecule has 0 aliphatic heterocycles. The molecule has 3 heteroatoms. The quantitative estimate of drug-likeness (QED) is 0.379. The van der Waals surface area contributed by atoms with E-state index >= 15 is 0 Å². The van der Waals surface area contributed by atoms with Gasteiger partial charge in [-0.1, -0.05) is 33.1 Å². The first-order chi connectivity index (χ1) is 6.20. The van der Waals surface area contributed by atoms with Crippen LogP contribution in [0.25, 0.3) is 0 Å². The van der Waals surface area contributed by atoms with E-state index in [2.05, 4.69) is 13.8 Å². The van der Waals surface area contributed by atoms with Crippen LogP contribution in [0, 0.1) is 0 Å². The second-order valence-corrected chi connectivity index (χ2v) is 3.55. The van der Waals surface area contributed by atoms with E-state index in [0.29, 0.717) is 6.42 Å². The van der Waals surface area contributed by atoms with Crippen molar-refractivity contribution in [3.8, 4) is 0 Å². The Morgan fingerprint density at radius 2 is 1.86 bits per heavy atom. The van der Waals surface area contributed by atoms with Crippen molar-refractivity contribution in [3.05, 3.63) is 0 Å². The Hall–Kier alpha value is 1.11. The van der Waals surface area contributed by atoms with Crippen molar-refractivity contribution in [3.63, 3.8) is 0 Å². The van der Waals surface area contributed by atoms with E-state index in [9.17, 15) is 4.79 Å². The first kappa shape index (κ1) is 17.5. The molecule has 0 bridgehead atoms. The van der Waals surface area contributed by atoms with Crippen molar-refractivity contribution in [1.82, 2.24) is 0 Å². The van der Waals surface area contributed by atoms with E-state index in [0.717, 1.165) is 32.1 Å². The molecule has 0 radical (unpaired) electrons. The van der Waals surface area contributed by atoms with Crippen LogP contribution in [0.3, 0.4) is 0 Å². The molecule has 1 unspecified atom stereocenters. The molecule has 0 amide bonds. The van der Waals surface area contributed by atoms with E-state index in [4.69, 9.17) is 4.74 Å². The van der Waals surface area contributed by atoms with Gasteiger partial charge in [0.05, 0.1) is 6.10 Å². The minimum atomic E-state index is -0.0330. The summed E-state index contributed by atoms with van der Waals surface area (Å²) < 4.78 is 5.20. The van der Waals surface area contributed by atoms with Crippen LogP contribution in [0.2, 0.25) is 0 Å². The fraction of sp³-hybridized carbons (Fsp3) is 0.909. The van der Waals surface area contributed by atoms with Gasteiger partial charge in [-0.15, -0.1) is 0 Å². The van der Waals surface area contributed by atoms with Crippen LogP contribution in [0.15, 0.2) is 0 Å². The molecule has 0 fully saturated rings. The van der Waals surface area contributed by atoms with E-state index in [1.165, 1.54) is 0 Å². The number of hydrogen-bond donors (Lipinski definition) is 0. The van der Waals surface area contributed by atoms with Gasteiger partial charge in [-0.25, -0.2) is 0 Å². The summed E-state index contributed by atoms with van der Waals surface area (Å²) in [6, 6.07) is 0. The molecule has 0 aromatic heterocycles. The third kappa shape index (κ3) is 11.2. The van der Waals surface area contributed by atoms with Crippen LogP contribution in [-0.4, -0.2) is 63.5 Å². The molecule has 14 heavy (non-hydrogen) atoms. The Morgan fingerprint density at radius 3 is 2.36 bits per heavy atom. The predicted molar refractivity (Wildman–Crippen MR) is 61.8 cm³/mol. The molecular weight excluding hydrogens is 203 g/mol. The van der Waals surface area contributed by atoms with Gasteiger partial charge in [-0.05, 0) is 19.8 Å². The van der Waals surface area contributed by atoms with E-state index in [1.54, 1.807) is 0 Å². The third-order valence-corrected chi connectivity index (χ3v) is 2.01. The van der Waals surface area contributed by atoms with Crippen molar-refractivity contribution >= 4 is 57.4 Å². The number of carbonyl (C=O) groups is 1. The number of hydrogen-bond acceptors (Lipinski definition) is 2. The van der Waals surface area contributed by atoms with Gasteiger partial charge in [0.25, 0.3) is 0 Å². The van der Waals surface area contributed by atoms with Gasteiger partial charge in [0.1, 0.15) is 0 Å². The Balaban J connectivity index is 0. The summed E-state index contributed by atoms with van der Waals surface area (Å²) in [5.74, 6) is -0.0330. The van der Waals surface area contributed by atoms with E-state index < -0.39 is 0 Å². The van der Waals surface area contributed by atoms with Crippen molar-refractivity contribution in [1.29, 1.82) is 0 Å². The number of unbranched alkanes of at least 4 members (excludes halogenated alkanes) is 2. The van der Waals surface area contributed by atoms with Crippen LogP contribution in [0.5, 0.6) is 0 Å². The average molecular weight is 226 g/mol. The molecule has 0 aromatic rings. The van der Waals surface area contributed by atoms with Gasteiger partial charge in [0.15, 0.2) is 0 Å². The Kier molecular flexibility index (Phi) is 15.2. The predicted octanol–water partition coefficient (Wildman–Crippen LogP) is 2.65. The van der Waals surface area contributed by atoms with Crippen molar-refractivity contribution in [2.45, 2.75) is 65.4 Å². The molecule has 2 nitrogen and oxygen atoms in total. The van der Waals surface area contributed by atoms with E-state index in [-0.39, 0.29) is 63.5 Å². The van der Waals surface area contributed by atoms with Crippen LogP contribution in [0.1, 0.15) is 59.3 Å². The molecule has 0 aliphatic carbocycles. The summed E-state index contributed by atoms with van der Waals surface area (Å²) in [4.78, 5) is 11.2. The summed E-state index contributed by atoms with van der Waals surface area (Å²) >= 11 is 0. The maximum atomic E-state index is 11.2. The summed E-state index contributed by atoms with van der Waals surface area (Å²) in [6.07, 6.45) is 5.97. The van der Waals surface area contributed by atoms with Gasteiger partial charge in [-0.3, -0.25) is 4.79 Å². The van der Waals surface area contributed by atoms with Crippen molar-refractivity contribution in [2.75, 3.05) is 0 Å². The molecule has 0 heterocycles. The molecule has 0 aliphatic rings. The third-order valence-electron chi connectivity index (χ3n) is 2.01. The normalized spacial score (nSPS) is 11.6. The van der Waals surface area contributed by atoms with Gasteiger partial charge in [0.2, 0.25) is 0 Å². The monoisotopic (exact) mass is 226 g/mol. The molecule has 0 rings (SSSR count). The van der Waals surface area contributed by atoms with Crippen LogP contribution < -0.4 is 0 Å². The number of esters is 1. The Morgan fingerprint density at radius 1 is 1.21 bits per heavy atom. The molecule has 80 valence electrons. The Labute approximate surface area is 131 Å². The molecular formula is C11H23KO2. The second-order valence-electron chi connectivity index (χ2n) is 3.55. The summed E-state index contributed by atoms with van der Waals surface area (Å²) in [6.45, 7) is 6.19. The summed E-state index contributed by atoms with van der Waals surface area (Å²) in [5, 5.41) is 0. The zero-order chi connectivity index (χ0) is 10.1. The van der Waals surface area contributed by atoms with Crippen LogP contribution in [0.4, 0.5) is 0 Å². The summed E-state index contributed by atoms with van der Waals surface area (Å²) in [5.41, 5.74) is 0. The molecule has 0 N–H and O–H groups in total. The van der Waals surface area contributed by atoms with Gasteiger partial charge < -0.3 is 4.74 Å². The van der Waals surface area contributed by atoms with Crippen molar-refractivity contribution in [2.24, 2.45) is 0 Å². The first-order valence-electron chi connectivity index (χ1n) is 5.40. The second kappa shape index (κ2) is 12.2. The standard InChI is InChI=1S/C11H22O2.K.H/c1-4-6-7-9-11(12)13-10(3)8-5-2;;/h10H,4-9H2,1-3H3;;. The zero-order valence-corrected chi connectivity index (χ0v) is 9.14. The maximum absolute atomic E-state index is 11.2. The fourth-order valence-electron chi connectivity index (χ4n) is 1.27. The van der Waals surface area contributed by atoms with Crippen molar-refractivity contribution < 1.29 is 9.53 Å². The number of ether oxygens (including phenoxy) is 1. The number of rotatable bonds is 7. The molecule has 0 saturated carbocycles. The molecule has 0 spiro atoms. The van der Waals surface area contributed by atoms with Gasteiger partial charge in [0, 0.05) is 6.42 Å². The number of carbonyl (C=O) groups excluding carboxylic acids is 1. The fourth-order valence-corrected chi connectivity index (χ4v) is 1.27. The summed E-state index contributed by atoms with van der Waals surface area (Å²) in [7, 11) is 0.